The molecule has 1 rings (SSSR count). The molecule has 0 atom stereocenters. The van der Waals surface area contributed by atoms with E-state index in [2.05, 4.69) is 9.50 Å². The van der Waals surface area contributed by atoms with Gasteiger partial charge in [0, 0.05) is 12.6 Å². The van der Waals surface area contributed by atoms with Crippen LogP contribution in [0.15, 0.2) is 18.2 Å². The van der Waals surface area contributed by atoms with Crippen LogP contribution in [0.1, 0.15) is 6.92 Å². The fourth-order valence-corrected chi connectivity index (χ4v) is 1.32. The highest BCUT2D eigenvalue weighted by molar-refractivity contribution is 7.67. The largest absolute Gasteiger partial charge is 0.396 e. The van der Waals surface area contributed by atoms with Crippen LogP contribution in [-0.4, -0.2) is 14.3 Å². The van der Waals surface area contributed by atoms with Crippen molar-refractivity contribution in [3.8, 4) is 5.75 Å². The van der Waals surface area contributed by atoms with Crippen molar-refractivity contribution in [1.29, 1.82) is 0 Å². The fourth-order valence-electron chi connectivity index (χ4n) is 0.993. The second-order valence-corrected chi connectivity index (χ2v) is 3.38. The van der Waals surface area contributed by atoms with E-state index in [1.807, 2.05) is 0 Å². The third-order valence-electron chi connectivity index (χ3n) is 1.50. The van der Waals surface area contributed by atoms with E-state index in [4.69, 9.17) is 5.73 Å². The van der Waals surface area contributed by atoms with Gasteiger partial charge in [0.2, 0.25) is 5.91 Å². The van der Waals surface area contributed by atoms with Crippen molar-refractivity contribution in [2.75, 3.05) is 11.1 Å². The molecule has 0 aromatic heterocycles. The van der Waals surface area contributed by atoms with E-state index < -0.39 is 11.0 Å². The van der Waals surface area contributed by atoms with Crippen LogP contribution < -0.4 is 15.2 Å². The lowest BCUT2D eigenvalue weighted by Gasteiger charge is -2.06. The van der Waals surface area contributed by atoms with Gasteiger partial charge in [-0.3, -0.25) is 4.79 Å². The topological polar surface area (TPSA) is 98.5 Å². The Labute approximate surface area is 88.2 Å². The van der Waals surface area contributed by atoms with Gasteiger partial charge in [0.25, 0.3) is 11.0 Å². The van der Waals surface area contributed by atoms with Gasteiger partial charge < -0.3 is 15.2 Å². The number of nitrogens with two attached hydrogens (primary N) is 1. The van der Waals surface area contributed by atoms with Crippen LogP contribution in [0.3, 0.4) is 0 Å². The predicted octanol–water partition coefficient (Wildman–Crippen LogP) is 0.132. The van der Waals surface area contributed by atoms with Gasteiger partial charge in [-0.25, -0.2) is 0 Å². The molecule has 0 heterocycles. The molecule has 0 spiro atoms. The number of hydrogen-bond donors (Lipinski definition) is 3. The zero-order valence-electron chi connectivity index (χ0n) is 7.89. The van der Waals surface area contributed by atoms with Crippen molar-refractivity contribution < 1.29 is 17.4 Å². The standard InChI is InChI=1S/C8H10N2O4S/c1-5(11)10-6-2-3-8(7(9)4-6)14-15(12)13/h2-4,15H,9H2,1H3,(H,10,11). The molecule has 15 heavy (non-hydrogen) atoms. The molecule has 1 aromatic carbocycles. The Morgan fingerprint density at radius 1 is 1.47 bits per heavy atom. The number of thiol groups is 1. The first kappa shape index (κ1) is 11.3. The summed E-state index contributed by atoms with van der Waals surface area (Å²) in [6.45, 7) is 1.36. The van der Waals surface area contributed by atoms with E-state index >= 15 is 0 Å². The molecule has 0 aliphatic heterocycles. The van der Waals surface area contributed by atoms with E-state index in [0.717, 1.165) is 0 Å². The summed E-state index contributed by atoms with van der Waals surface area (Å²) in [6.07, 6.45) is 0. The maximum absolute atomic E-state index is 10.7. The van der Waals surface area contributed by atoms with Gasteiger partial charge in [-0.15, -0.1) is 0 Å². The van der Waals surface area contributed by atoms with Crippen LogP contribution in [0, 0.1) is 0 Å². The maximum Gasteiger partial charge on any atom is 0.299 e. The molecule has 0 saturated heterocycles. The number of nitrogens with one attached hydrogen (secondary N) is 1. The van der Waals surface area contributed by atoms with Crippen molar-refractivity contribution in [3.63, 3.8) is 0 Å². The van der Waals surface area contributed by atoms with E-state index in [1.54, 1.807) is 0 Å². The Morgan fingerprint density at radius 3 is 2.60 bits per heavy atom. The SMILES string of the molecule is CC(=O)Nc1ccc(O[SH](=O)=O)c(N)c1. The number of carbonyl (C=O) groups excluding carboxylic acids is 1. The highest BCUT2D eigenvalue weighted by atomic mass is 32.2. The zero-order valence-corrected chi connectivity index (χ0v) is 8.78. The van der Waals surface area contributed by atoms with Crippen molar-refractivity contribution in [3.05, 3.63) is 18.2 Å². The van der Waals surface area contributed by atoms with Crippen molar-refractivity contribution in [1.82, 2.24) is 0 Å². The summed E-state index contributed by atoms with van der Waals surface area (Å²) in [6, 6.07) is 4.27. The summed E-state index contributed by atoms with van der Waals surface area (Å²) in [5, 5.41) is 2.50. The summed E-state index contributed by atoms with van der Waals surface area (Å²) >= 11 is 0. The molecule has 6 nitrogen and oxygen atoms in total. The van der Waals surface area contributed by atoms with Gasteiger partial charge >= 0.3 is 0 Å². The molecule has 1 aromatic rings. The van der Waals surface area contributed by atoms with Gasteiger partial charge in [-0.2, -0.15) is 8.42 Å². The molecule has 0 bridgehead atoms. The fraction of sp³-hybridized carbons (Fsp3) is 0.125. The molecule has 0 saturated carbocycles. The minimum Gasteiger partial charge on any atom is -0.396 e. The average molecular weight is 230 g/mol. The monoisotopic (exact) mass is 230 g/mol. The lowest BCUT2D eigenvalue weighted by atomic mass is 10.2. The molecule has 0 radical (unpaired) electrons. The number of carbonyl (C=O) groups is 1. The van der Waals surface area contributed by atoms with Gasteiger partial charge in [0.1, 0.15) is 0 Å². The second-order valence-electron chi connectivity index (χ2n) is 2.75. The van der Waals surface area contributed by atoms with E-state index in [9.17, 15) is 13.2 Å². The molecule has 7 heteroatoms. The third-order valence-corrected chi connectivity index (χ3v) is 1.85. The number of anilines is 2. The van der Waals surface area contributed by atoms with Gasteiger partial charge in [0.15, 0.2) is 5.75 Å². The Bertz CT molecular complexity index is 448. The third kappa shape index (κ3) is 3.47. The second kappa shape index (κ2) is 4.65. The number of hydrogen-bond acceptors (Lipinski definition) is 5. The van der Waals surface area contributed by atoms with Crippen molar-refractivity contribution >= 4 is 28.3 Å². The van der Waals surface area contributed by atoms with Crippen molar-refractivity contribution in [2.24, 2.45) is 0 Å². The first-order chi connectivity index (χ1) is 6.99. The zero-order chi connectivity index (χ0) is 11.4. The van der Waals surface area contributed by atoms with Gasteiger partial charge in [0.05, 0.1) is 5.69 Å². The lowest BCUT2D eigenvalue weighted by Crippen LogP contribution is -2.06. The minimum absolute atomic E-state index is 0.0419. The average Bonchev–Trinajstić information content (AvgIpc) is 2.08. The maximum atomic E-state index is 10.7. The number of benzene rings is 1. The first-order valence-corrected chi connectivity index (χ1v) is 5.08. The molecule has 82 valence electrons. The predicted molar refractivity (Wildman–Crippen MR) is 56.1 cm³/mol. The summed E-state index contributed by atoms with van der Waals surface area (Å²) in [5.74, 6) is -0.196. The number of rotatable bonds is 3. The first-order valence-electron chi connectivity index (χ1n) is 3.98. The molecule has 0 aliphatic rings. The lowest BCUT2D eigenvalue weighted by molar-refractivity contribution is -0.114. The molecule has 0 fully saturated rings. The molecule has 1 amide bonds. The molecule has 0 aliphatic carbocycles. The van der Waals surface area contributed by atoms with Crippen LogP contribution in [0.5, 0.6) is 5.75 Å². The Morgan fingerprint density at radius 2 is 2.13 bits per heavy atom. The van der Waals surface area contributed by atoms with Crippen LogP contribution in [-0.2, 0) is 15.8 Å². The molecular weight excluding hydrogens is 220 g/mol. The minimum atomic E-state index is -2.99. The Kier molecular flexibility index (Phi) is 3.51. The quantitative estimate of drug-likeness (QED) is 0.506. The van der Waals surface area contributed by atoms with Gasteiger partial charge in [-0.05, 0) is 18.2 Å². The van der Waals surface area contributed by atoms with Crippen molar-refractivity contribution in [2.45, 2.75) is 6.92 Å². The van der Waals surface area contributed by atoms with Crippen LogP contribution in [0.2, 0.25) is 0 Å². The Balaban J connectivity index is 2.92. The number of amides is 1. The summed E-state index contributed by atoms with van der Waals surface area (Å²) in [5.41, 5.74) is 6.12. The Hall–Kier alpha value is -1.76. The summed E-state index contributed by atoms with van der Waals surface area (Å²) < 4.78 is 25.0. The van der Waals surface area contributed by atoms with E-state index in [1.165, 1.54) is 25.1 Å². The van der Waals surface area contributed by atoms with E-state index in [0.29, 0.717) is 5.69 Å². The summed E-state index contributed by atoms with van der Waals surface area (Å²) in [4.78, 5) is 10.7. The normalized spacial score (nSPS) is 10.0. The molecule has 0 unspecified atom stereocenters. The smallest absolute Gasteiger partial charge is 0.299 e. The van der Waals surface area contributed by atoms with Crippen LogP contribution in [0.25, 0.3) is 0 Å². The molecule has 3 N–H and O–H groups in total. The van der Waals surface area contributed by atoms with Crippen LogP contribution in [0.4, 0.5) is 11.4 Å². The van der Waals surface area contributed by atoms with Gasteiger partial charge in [-0.1, -0.05) is 0 Å². The number of nitrogen functional groups attached to an aromatic ring is 1. The highest BCUT2D eigenvalue weighted by Crippen LogP contribution is 2.25. The molecular formula is C8H10N2O4S. The van der Waals surface area contributed by atoms with E-state index in [-0.39, 0.29) is 17.3 Å². The van der Waals surface area contributed by atoms with Crippen LogP contribution >= 0.6 is 0 Å². The summed E-state index contributed by atoms with van der Waals surface area (Å²) in [7, 11) is -2.99. The highest BCUT2D eigenvalue weighted by Gasteiger charge is 2.03.